The minimum absolute atomic E-state index is 0.372. The van der Waals surface area contributed by atoms with Gasteiger partial charge in [0.1, 0.15) is 6.04 Å². The van der Waals surface area contributed by atoms with Crippen LogP contribution in [-0.4, -0.2) is 17.8 Å². The van der Waals surface area contributed by atoms with Gasteiger partial charge in [0, 0.05) is 0 Å². The van der Waals surface area contributed by atoms with E-state index in [2.05, 4.69) is 17.5 Å². The molecule has 0 heterocycles. The molecule has 0 aromatic heterocycles. The third-order valence-electron chi connectivity index (χ3n) is 0.870. The van der Waals surface area contributed by atoms with Crippen LogP contribution < -0.4 is 5.73 Å². The SMILES string of the molecule is N[C@@H](CCS)C(=O)ON=O. The van der Waals surface area contributed by atoms with Crippen LogP contribution in [0.25, 0.3) is 0 Å². The van der Waals surface area contributed by atoms with E-state index < -0.39 is 12.0 Å². The lowest BCUT2D eigenvalue weighted by Gasteiger charge is -2.02. The number of thiol groups is 1. The van der Waals surface area contributed by atoms with Crippen LogP contribution in [0, 0.1) is 4.91 Å². The Bertz CT molecular complexity index is 130. The zero-order valence-electron chi connectivity index (χ0n) is 5.19. The first-order chi connectivity index (χ1) is 4.72. The van der Waals surface area contributed by atoms with Gasteiger partial charge in [0.15, 0.2) is 5.34 Å². The van der Waals surface area contributed by atoms with Crippen LogP contribution in [-0.2, 0) is 9.63 Å². The third kappa shape index (κ3) is 3.41. The van der Waals surface area contributed by atoms with E-state index >= 15 is 0 Å². The molecule has 5 nitrogen and oxygen atoms in total. The maximum atomic E-state index is 10.5. The molecule has 0 spiro atoms. The maximum absolute atomic E-state index is 10.5. The Kier molecular flexibility index (Phi) is 4.87. The van der Waals surface area contributed by atoms with Crippen molar-refractivity contribution >= 4 is 18.6 Å². The minimum Gasteiger partial charge on any atom is -0.318 e. The van der Waals surface area contributed by atoms with E-state index in [0.717, 1.165) is 0 Å². The molecule has 0 radical (unpaired) electrons. The molecule has 0 aliphatic rings. The molecule has 10 heavy (non-hydrogen) atoms. The first-order valence-electron chi connectivity index (χ1n) is 2.62. The normalized spacial score (nSPS) is 12.2. The second-order valence-corrected chi connectivity index (χ2v) is 2.05. The van der Waals surface area contributed by atoms with Crippen LogP contribution in [0.4, 0.5) is 0 Å². The van der Waals surface area contributed by atoms with Gasteiger partial charge in [0.25, 0.3) is 0 Å². The molecule has 0 aliphatic heterocycles. The van der Waals surface area contributed by atoms with Crippen molar-refractivity contribution in [2.24, 2.45) is 11.1 Å². The molecule has 0 unspecified atom stereocenters. The number of hydrogen-bond donors (Lipinski definition) is 2. The maximum Gasteiger partial charge on any atom is 0.355 e. The Hall–Kier alpha value is -0.620. The summed E-state index contributed by atoms with van der Waals surface area (Å²) in [5, 5.41) is 1.93. The van der Waals surface area contributed by atoms with E-state index in [1.807, 2.05) is 5.34 Å². The van der Waals surface area contributed by atoms with Crippen molar-refractivity contribution in [1.29, 1.82) is 0 Å². The predicted octanol–water partition coefficient (Wildman–Crippen LogP) is -0.142. The van der Waals surface area contributed by atoms with E-state index in [9.17, 15) is 9.70 Å². The minimum atomic E-state index is -0.816. The molecule has 1 atom stereocenters. The van der Waals surface area contributed by atoms with Gasteiger partial charge in [-0.15, -0.1) is 4.91 Å². The molecule has 0 bridgehead atoms. The van der Waals surface area contributed by atoms with Crippen LogP contribution in [0.5, 0.6) is 0 Å². The summed E-state index contributed by atoms with van der Waals surface area (Å²) in [5.41, 5.74) is 5.19. The van der Waals surface area contributed by atoms with E-state index in [-0.39, 0.29) is 0 Å². The zero-order chi connectivity index (χ0) is 7.98. The lowest BCUT2D eigenvalue weighted by atomic mass is 10.2. The monoisotopic (exact) mass is 164 g/mol. The number of carbonyl (C=O) groups excluding carboxylic acids is 1. The molecule has 0 rings (SSSR count). The Morgan fingerprint density at radius 2 is 2.40 bits per heavy atom. The summed E-state index contributed by atoms with van der Waals surface area (Å²) in [6.07, 6.45) is 0.372. The molecule has 0 aromatic carbocycles. The number of hydrogen-bond acceptors (Lipinski definition) is 6. The van der Waals surface area contributed by atoms with Crippen molar-refractivity contribution in [2.45, 2.75) is 12.5 Å². The van der Waals surface area contributed by atoms with Crippen molar-refractivity contribution in [3.63, 3.8) is 0 Å². The Balaban J connectivity index is 3.58. The van der Waals surface area contributed by atoms with Crippen molar-refractivity contribution in [2.75, 3.05) is 5.75 Å². The van der Waals surface area contributed by atoms with Gasteiger partial charge in [0.05, 0.1) is 0 Å². The molecule has 0 saturated heterocycles. The highest BCUT2D eigenvalue weighted by molar-refractivity contribution is 7.80. The quantitative estimate of drug-likeness (QED) is 0.344. The van der Waals surface area contributed by atoms with Gasteiger partial charge < -0.3 is 5.73 Å². The highest BCUT2D eigenvalue weighted by atomic mass is 32.1. The fourth-order valence-corrected chi connectivity index (χ4v) is 0.640. The summed E-state index contributed by atoms with van der Waals surface area (Å²) in [4.78, 5) is 23.5. The van der Waals surface area contributed by atoms with E-state index in [1.165, 1.54) is 0 Å². The number of nitrogens with two attached hydrogens (primary N) is 1. The smallest absolute Gasteiger partial charge is 0.318 e. The second-order valence-electron chi connectivity index (χ2n) is 1.60. The van der Waals surface area contributed by atoms with Crippen molar-refractivity contribution in [1.82, 2.24) is 0 Å². The average Bonchev–Trinajstić information content (AvgIpc) is 1.89. The molecule has 0 aromatic rings. The van der Waals surface area contributed by atoms with E-state index in [4.69, 9.17) is 5.73 Å². The molecule has 2 N–H and O–H groups in total. The van der Waals surface area contributed by atoms with Gasteiger partial charge >= 0.3 is 5.97 Å². The van der Waals surface area contributed by atoms with Gasteiger partial charge in [-0.1, -0.05) is 0 Å². The van der Waals surface area contributed by atoms with E-state index in [1.54, 1.807) is 0 Å². The van der Waals surface area contributed by atoms with Crippen LogP contribution >= 0.6 is 12.6 Å². The summed E-state index contributed by atoms with van der Waals surface area (Å²) in [7, 11) is 0. The molecular formula is C4H8N2O3S. The standard InChI is InChI=1S/C4H8N2O3S/c5-3(1-2-10)4(7)9-6-8/h3,10H,1-2,5H2/t3-/m0/s1. The Labute approximate surface area is 63.3 Å². The van der Waals surface area contributed by atoms with Crippen LogP contribution in [0.3, 0.4) is 0 Å². The molecule has 0 fully saturated rings. The largest absolute Gasteiger partial charge is 0.355 e. The van der Waals surface area contributed by atoms with Crippen molar-refractivity contribution in [3.05, 3.63) is 4.91 Å². The molecule has 0 amide bonds. The van der Waals surface area contributed by atoms with Crippen molar-refractivity contribution in [3.8, 4) is 0 Å². The van der Waals surface area contributed by atoms with Crippen LogP contribution in [0.15, 0.2) is 5.34 Å². The lowest BCUT2D eigenvalue weighted by Crippen LogP contribution is -2.31. The lowest BCUT2D eigenvalue weighted by molar-refractivity contribution is -0.145. The summed E-state index contributed by atoms with van der Waals surface area (Å²) < 4.78 is 0. The van der Waals surface area contributed by atoms with Gasteiger partial charge in [-0.05, 0) is 12.2 Å². The Morgan fingerprint density at radius 1 is 1.80 bits per heavy atom. The number of carbonyl (C=O) groups is 1. The topological polar surface area (TPSA) is 81.8 Å². The molecule has 58 valence electrons. The summed E-state index contributed by atoms with van der Waals surface area (Å²) >= 11 is 3.83. The summed E-state index contributed by atoms with van der Waals surface area (Å²) in [6.45, 7) is 0. The highest BCUT2D eigenvalue weighted by Crippen LogP contribution is 1.93. The van der Waals surface area contributed by atoms with Crippen LogP contribution in [0.2, 0.25) is 0 Å². The second kappa shape index (κ2) is 5.19. The fourth-order valence-electron chi connectivity index (χ4n) is 0.361. The van der Waals surface area contributed by atoms with Gasteiger partial charge in [-0.2, -0.15) is 12.6 Å². The first kappa shape index (κ1) is 9.38. The first-order valence-corrected chi connectivity index (χ1v) is 3.25. The van der Waals surface area contributed by atoms with Gasteiger partial charge in [0.2, 0.25) is 0 Å². The van der Waals surface area contributed by atoms with Crippen molar-refractivity contribution < 1.29 is 9.63 Å². The number of nitrogens with zero attached hydrogens (tertiary/aromatic N) is 1. The molecule has 6 heteroatoms. The number of rotatable bonds is 4. The van der Waals surface area contributed by atoms with Gasteiger partial charge in [-0.3, -0.25) is 4.84 Å². The predicted molar refractivity (Wildman–Crippen MR) is 38.3 cm³/mol. The van der Waals surface area contributed by atoms with Crippen LogP contribution in [0.1, 0.15) is 6.42 Å². The fraction of sp³-hybridized carbons (Fsp3) is 0.750. The molecular weight excluding hydrogens is 156 g/mol. The summed E-state index contributed by atoms with van der Waals surface area (Å²) in [5.74, 6) is -0.348. The van der Waals surface area contributed by atoms with E-state index in [0.29, 0.717) is 12.2 Å². The highest BCUT2D eigenvalue weighted by Gasteiger charge is 2.14. The average molecular weight is 164 g/mol. The molecule has 0 aliphatic carbocycles. The Morgan fingerprint density at radius 3 is 2.80 bits per heavy atom. The summed E-state index contributed by atoms with van der Waals surface area (Å²) in [6, 6.07) is -0.796. The zero-order valence-corrected chi connectivity index (χ0v) is 6.08. The molecule has 0 saturated carbocycles. The third-order valence-corrected chi connectivity index (χ3v) is 1.13. The van der Waals surface area contributed by atoms with Gasteiger partial charge in [-0.25, -0.2) is 4.79 Å².